The van der Waals surface area contributed by atoms with Crippen molar-refractivity contribution in [1.29, 1.82) is 0 Å². The molecule has 2 heterocycles. The van der Waals surface area contributed by atoms with E-state index in [4.69, 9.17) is 0 Å². The first-order chi connectivity index (χ1) is 12.1. The zero-order valence-electron chi connectivity index (χ0n) is 14.3. The lowest BCUT2D eigenvalue weighted by molar-refractivity contribution is -0.131. The number of carbonyl (C=O) groups excluding carboxylic acids is 2. The van der Waals surface area contributed by atoms with Crippen molar-refractivity contribution < 1.29 is 14.0 Å². The third-order valence-electron chi connectivity index (χ3n) is 4.89. The van der Waals surface area contributed by atoms with Gasteiger partial charge in [0.2, 0.25) is 11.8 Å². The first kappa shape index (κ1) is 17.7. The van der Waals surface area contributed by atoms with Crippen LogP contribution in [0, 0.1) is 11.7 Å². The van der Waals surface area contributed by atoms with Crippen molar-refractivity contribution in [3.05, 3.63) is 30.1 Å². The molecule has 7 heteroatoms. The molecular formula is C18H25FN4O2. The van der Waals surface area contributed by atoms with Gasteiger partial charge in [-0.05, 0) is 37.2 Å². The summed E-state index contributed by atoms with van der Waals surface area (Å²) in [7, 11) is 0. The number of nitrogens with zero attached hydrogens (tertiary/aromatic N) is 2. The standard InChI is InChI=1S/C18H25FN4O2/c19-15-1-3-16(4-2-15)22-9-11-23(12-10-22)17(24)6-8-21-18(25)14-5-7-20-13-14/h1-4,14,20H,5-13H2,(H,21,25). The Labute approximate surface area is 147 Å². The molecule has 0 aliphatic carbocycles. The smallest absolute Gasteiger partial charge is 0.224 e. The van der Waals surface area contributed by atoms with E-state index >= 15 is 0 Å². The summed E-state index contributed by atoms with van der Waals surface area (Å²) >= 11 is 0. The predicted molar refractivity (Wildman–Crippen MR) is 93.8 cm³/mol. The normalized spacial score (nSPS) is 20.6. The number of hydrogen-bond acceptors (Lipinski definition) is 4. The van der Waals surface area contributed by atoms with Gasteiger partial charge >= 0.3 is 0 Å². The summed E-state index contributed by atoms with van der Waals surface area (Å²) in [5.74, 6) is -0.0927. The number of hydrogen-bond donors (Lipinski definition) is 2. The highest BCUT2D eigenvalue weighted by atomic mass is 19.1. The van der Waals surface area contributed by atoms with Gasteiger partial charge in [-0.15, -0.1) is 0 Å². The predicted octanol–water partition coefficient (Wildman–Crippen LogP) is 0.590. The van der Waals surface area contributed by atoms with Crippen molar-refractivity contribution in [2.45, 2.75) is 12.8 Å². The lowest BCUT2D eigenvalue weighted by Gasteiger charge is -2.36. The Hall–Kier alpha value is -2.15. The zero-order chi connectivity index (χ0) is 17.6. The molecule has 0 radical (unpaired) electrons. The minimum absolute atomic E-state index is 0.0364. The molecule has 2 N–H and O–H groups in total. The number of carbonyl (C=O) groups is 2. The number of amides is 2. The fraction of sp³-hybridized carbons (Fsp3) is 0.556. The van der Waals surface area contributed by atoms with E-state index in [0.29, 0.717) is 26.1 Å². The van der Waals surface area contributed by atoms with Crippen LogP contribution in [0.1, 0.15) is 12.8 Å². The highest BCUT2D eigenvalue weighted by Crippen LogP contribution is 2.17. The summed E-state index contributed by atoms with van der Waals surface area (Å²) < 4.78 is 13.0. The van der Waals surface area contributed by atoms with E-state index < -0.39 is 0 Å². The van der Waals surface area contributed by atoms with Crippen LogP contribution in [-0.4, -0.2) is 62.5 Å². The van der Waals surface area contributed by atoms with E-state index in [1.165, 1.54) is 12.1 Å². The second-order valence-electron chi connectivity index (χ2n) is 6.58. The van der Waals surface area contributed by atoms with E-state index in [0.717, 1.165) is 38.3 Å². The van der Waals surface area contributed by atoms with Gasteiger partial charge < -0.3 is 20.4 Å². The second-order valence-corrected chi connectivity index (χ2v) is 6.58. The van der Waals surface area contributed by atoms with Crippen LogP contribution in [0.5, 0.6) is 0 Å². The van der Waals surface area contributed by atoms with Gasteiger partial charge in [0, 0.05) is 51.4 Å². The Kier molecular flexibility index (Phi) is 5.86. The number of halogens is 1. The van der Waals surface area contributed by atoms with Crippen molar-refractivity contribution in [3.8, 4) is 0 Å². The first-order valence-corrected chi connectivity index (χ1v) is 8.90. The van der Waals surface area contributed by atoms with Crippen molar-refractivity contribution in [2.75, 3.05) is 50.7 Å². The Balaban J connectivity index is 1.38. The van der Waals surface area contributed by atoms with Gasteiger partial charge in [-0.3, -0.25) is 9.59 Å². The van der Waals surface area contributed by atoms with Gasteiger partial charge in [0.25, 0.3) is 0 Å². The van der Waals surface area contributed by atoms with Crippen molar-refractivity contribution in [2.24, 2.45) is 5.92 Å². The van der Waals surface area contributed by atoms with Gasteiger partial charge in [0.15, 0.2) is 0 Å². The van der Waals surface area contributed by atoms with Crippen LogP contribution in [0.15, 0.2) is 24.3 Å². The molecule has 1 aromatic carbocycles. The van der Waals surface area contributed by atoms with Crippen molar-refractivity contribution >= 4 is 17.5 Å². The zero-order valence-corrected chi connectivity index (χ0v) is 14.3. The lowest BCUT2D eigenvalue weighted by Crippen LogP contribution is -2.49. The number of rotatable bonds is 5. The third kappa shape index (κ3) is 4.69. The molecule has 0 bridgehead atoms. The minimum atomic E-state index is -0.243. The molecule has 2 aliphatic heterocycles. The summed E-state index contributed by atoms with van der Waals surface area (Å²) in [6.45, 7) is 4.77. The van der Waals surface area contributed by atoms with Crippen LogP contribution in [0.25, 0.3) is 0 Å². The van der Waals surface area contributed by atoms with Gasteiger partial charge in [-0.1, -0.05) is 0 Å². The average Bonchev–Trinajstić information content (AvgIpc) is 3.17. The summed E-state index contributed by atoms with van der Waals surface area (Å²) in [4.78, 5) is 28.2. The summed E-state index contributed by atoms with van der Waals surface area (Å²) in [5, 5.41) is 6.03. The number of benzene rings is 1. The highest BCUT2D eigenvalue weighted by molar-refractivity contribution is 5.81. The van der Waals surface area contributed by atoms with Crippen molar-refractivity contribution in [3.63, 3.8) is 0 Å². The van der Waals surface area contributed by atoms with E-state index in [1.807, 2.05) is 4.90 Å². The van der Waals surface area contributed by atoms with E-state index in [-0.39, 0.29) is 23.5 Å². The fourth-order valence-electron chi connectivity index (χ4n) is 3.34. The topological polar surface area (TPSA) is 64.7 Å². The molecule has 2 amide bonds. The molecule has 1 aromatic rings. The van der Waals surface area contributed by atoms with Gasteiger partial charge in [0.1, 0.15) is 5.82 Å². The maximum atomic E-state index is 13.0. The molecule has 1 atom stereocenters. The Bertz CT molecular complexity index is 594. The van der Waals surface area contributed by atoms with Gasteiger partial charge in [-0.25, -0.2) is 4.39 Å². The summed E-state index contributed by atoms with van der Waals surface area (Å²) in [6, 6.07) is 6.44. The molecule has 2 fully saturated rings. The lowest BCUT2D eigenvalue weighted by atomic mass is 10.1. The SMILES string of the molecule is O=C(NCCC(=O)N1CCN(c2ccc(F)cc2)CC1)C1CCNC1. The fourth-order valence-corrected chi connectivity index (χ4v) is 3.34. The average molecular weight is 348 g/mol. The van der Waals surface area contributed by atoms with Crippen LogP contribution in [0.3, 0.4) is 0 Å². The molecule has 1 unspecified atom stereocenters. The van der Waals surface area contributed by atoms with Crippen molar-refractivity contribution in [1.82, 2.24) is 15.5 Å². The highest BCUT2D eigenvalue weighted by Gasteiger charge is 2.23. The number of piperazine rings is 1. The van der Waals surface area contributed by atoms with Crippen LogP contribution in [-0.2, 0) is 9.59 Å². The molecule has 0 spiro atoms. The van der Waals surface area contributed by atoms with E-state index in [9.17, 15) is 14.0 Å². The Morgan fingerprint density at radius 2 is 1.88 bits per heavy atom. The molecule has 136 valence electrons. The second kappa shape index (κ2) is 8.29. The quantitative estimate of drug-likeness (QED) is 0.818. The molecule has 2 saturated heterocycles. The maximum Gasteiger partial charge on any atom is 0.224 e. The van der Waals surface area contributed by atoms with Crippen LogP contribution >= 0.6 is 0 Å². The Morgan fingerprint density at radius 3 is 2.52 bits per heavy atom. The van der Waals surface area contributed by atoms with E-state index in [2.05, 4.69) is 15.5 Å². The molecule has 0 saturated carbocycles. The van der Waals surface area contributed by atoms with Crippen LogP contribution < -0.4 is 15.5 Å². The molecular weight excluding hydrogens is 323 g/mol. The molecule has 6 nitrogen and oxygen atoms in total. The minimum Gasteiger partial charge on any atom is -0.368 e. The molecule has 2 aliphatic rings. The summed E-state index contributed by atoms with van der Waals surface area (Å²) in [5.41, 5.74) is 0.978. The first-order valence-electron chi connectivity index (χ1n) is 8.90. The number of anilines is 1. The largest absolute Gasteiger partial charge is 0.368 e. The number of nitrogens with one attached hydrogen (secondary N) is 2. The molecule has 3 rings (SSSR count). The maximum absolute atomic E-state index is 13.0. The monoisotopic (exact) mass is 348 g/mol. The van der Waals surface area contributed by atoms with Gasteiger partial charge in [0.05, 0.1) is 5.92 Å². The summed E-state index contributed by atoms with van der Waals surface area (Å²) in [6.07, 6.45) is 1.20. The van der Waals surface area contributed by atoms with Crippen LogP contribution in [0.2, 0.25) is 0 Å². The van der Waals surface area contributed by atoms with E-state index in [1.54, 1.807) is 12.1 Å². The van der Waals surface area contributed by atoms with Gasteiger partial charge in [-0.2, -0.15) is 0 Å². The van der Waals surface area contributed by atoms with Crippen LogP contribution in [0.4, 0.5) is 10.1 Å². The Morgan fingerprint density at radius 1 is 1.16 bits per heavy atom. The third-order valence-corrected chi connectivity index (χ3v) is 4.89. The molecule has 0 aromatic heterocycles. The molecule has 25 heavy (non-hydrogen) atoms.